The zero-order valence-corrected chi connectivity index (χ0v) is 14.5. The van der Waals surface area contributed by atoms with Crippen molar-refractivity contribution in [2.75, 3.05) is 11.9 Å². The summed E-state index contributed by atoms with van der Waals surface area (Å²) in [7, 11) is 0. The summed E-state index contributed by atoms with van der Waals surface area (Å²) in [6.45, 7) is 5.99. The molecule has 6 heteroatoms. The number of hydrogen-bond acceptors (Lipinski definition) is 3. The Bertz CT molecular complexity index is 831. The van der Waals surface area contributed by atoms with Crippen LogP contribution in [0.2, 0.25) is 0 Å². The van der Waals surface area contributed by atoms with Crippen molar-refractivity contribution in [1.29, 1.82) is 0 Å². The van der Waals surface area contributed by atoms with E-state index in [9.17, 15) is 14.4 Å². The summed E-state index contributed by atoms with van der Waals surface area (Å²) in [6.07, 6.45) is 1.47. The van der Waals surface area contributed by atoms with Crippen molar-refractivity contribution in [3.63, 3.8) is 0 Å². The van der Waals surface area contributed by atoms with Gasteiger partial charge in [0.2, 0.25) is 0 Å². The monoisotopic (exact) mass is 351 g/mol. The number of carbonyl (C=O) groups is 3. The van der Waals surface area contributed by atoms with Crippen LogP contribution in [0.5, 0.6) is 0 Å². The van der Waals surface area contributed by atoms with E-state index in [4.69, 9.17) is 0 Å². The topological polar surface area (TPSA) is 87.3 Å². The van der Waals surface area contributed by atoms with Gasteiger partial charge in [-0.3, -0.25) is 14.4 Å². The molecule has 3 amide bonds. The van der Waals surface area contributed by atoms with E-state index in [0.717, 1.165) is 11.1 Å². The normalized spacial score (nSPS) is 9.88. The summed E-state index contributed by atoms with van der Waals surface area (Å²) in [5.41, 5.74) is 2.64. The molecule has 0 saturated heterocycles. The lowest BCUT2D eigenvalue weighted by atomic mass is 10.1. The van der Waals surface area contributed by atoms with E-state index in [1.807, 2.05) is 31.2 Å². The number of nitrogens with one attached hydrogen (secondary N) is 3. The summed E-state index contributed by atoms with van der Waals surface area (Å²) in [6, 6.07) is 14.3. The molecule has 0 aliphatic rings. The van der Waals surface area contributed by atoms with Crippen molar-refractivity contribution < 1.29 is 14.4 Å². The van der Waals surface area contributed by atoms with Crippen LogP contribution in [-0.4, -0.2) is 24.3 Å². The van der Waals surface area contributed by atoms with Gasteiger partial charge in [-0.25, -0.2) is 0 Å². The molecule has 0 spiro atoms. The Balaban J connectivity index is 2.06. The highest BCUT2D eigenvalue weighted by molar-refractivity contribution is 6.40. The van der Waals surface area contributed by atoms with Crippen LogP contribution in [0, 0.1) is 6.92 Å². The van der Waals surface area contributed by atoms with Gasteiger partial charge in [0.05, 0.1) is 11.3 Å². The highest BCUT2D eigenvalue weighted by Crippen LogP contribution is 2.15. The van der Waals surface area contributed by atoms with Crippen LogP contribution in [0.1, 0.15) is 21.5 Å². The maximum atomic E-state index is 12.5. The summed E-state index contributed by atoms with van der Waals surface area (Å²) in [4.78, 5) is 36.1. The summed E-state index contributed by atoms with van der Waals surface area (Å²) in [5, 5.41) is 7.68. The zero-order valence-electron chi connectivity index (χ0n) is 14.5. The van der Waals surface area contributed by atoms with Crippen molar-refractivity contribution in [3.8, 4) is 0 Å². The maximum Gasteiger partial charge on any atom is 0.313 e. The minimum absolute atomic E-state index is 0.185. The number of rotatable bonds is 6. The molecular formula is C20H21N3O3. The third-order valence-electron chi connectivity index (χ3n) is 3.73. The first-order chi connectivity index (χ1) is 12.5. The third kappa shape index (κ3) is 5.04. The summed E-state index contributed by atoms with van der Waals surface area (Å²) >= 11 is 0. The Morgan fingerprint density at radius 3 is 2.38 bits per heavy atom. The van der Waals surface area contributed by atoms with Gasteiger partial charge in [0.15, 0.2) is 0 Å². The van der Waals surface area contributed by atoms with Gasteiger partial charge >= 0.3 is 11.8 Å². The molecule has 0 fully saturated rings. The lowest BCUT2D eigenvalue weighted by Crippen LogP contribution is -2.36. The number of amides is 3. The molecule has 2 aromatic carbocycles. The molecule has 6 nitrogen and oxygen atoms in total. The predicted molar refractivity (Wildman–Crippen MR) is 101 cm³/mol. The van der Waals surface area contributed by atoms with Crippen molar-refractivity contribution in [3.05, 3.63) is 77.9 Å². The Morgan fingerprint density at radius 1 is 0.962 bits per heavy atom. The van der Waals surface area contributed by atoms with E-state index in [0.29, 0.717) is 6.54 Å². The molecule has 3 N–H and O–H groups in total. The molecule has 0 aliphatic carbocycles. The molecule has 0 saturated carbocycles. The van der Waals surface area contributed by atoms with Crippen molar-refractivity contribution in [1.82, 2.24) is 10.6 Å². The first kappa shape index (κ1) is 18.9. The van der Waals surface area contributed by atoms with Crippen LogP contribution in [-0.2, 0) is 16.1 Å². The van der Waals surface area contributed by atoms with E-state index >= 15 is 0 Å². The lowest BCUT2D eigenvalue weighted by molar-refractivity contribution is -0.136. The van der Waals surface area contributed by atoms with Crippen molar-refractivity contribution in [2.24, 2.45) is 0 Å². The van der Waals surface area contributed by atoms with Crippen LogP contribution in [0.4, 0.5) is 5.69 Å². The van der Waals surface area contributed by atoms with Gasteiger partial charge in [-0.2, -0.15) is 0 Å². The molecule has 0 radical (unpaired) electrons. The SMILES string of the molecule is C=CCNC(=O)C(=O)Nc1ccccc1C(=O)NCc1ccccc1C. The highest BCUT2D eigenvalue weighted by atomic mass is 16.2. The average molecular weight is 351 g/mol. The predicted octanol–water partition coefficient (Wildman–Crippen LogP) is 2.17. The Kier molecular flexibility index (Phi) is 6.68. The molecular weight excluding hydrogens is 330 g/mol. The van der Waals surface area contributed by atoms with Crippen LogP contribution in [0.15, 0.2) is 61.2 Å². The largest absolute Gasteiger partial charge is 0.348 e. The molecule has 0 atom stereocenters. The fraction of sp³-hybridized carbons (Fsp3) is 0.150. The van der Waals surface area contributed by atoms with Gasteiger partial charge in [-0.15, -0.1) is 6.58 Å². The number of para-hydroxylation sites is 1. The average Bonchev–Trinajstić information content (AvgIpc) is 2.65. The standard InChI is InChI=1S/C20H21N3O3/c1-3-12-21-19(25)20(26)23-17-11-7-6-10-16(17)18(24)22-13-15-9-5-4-8-14(15)2/h3-11H,1,12-13H2,2H3,(H,21,25)(H,22,24)(H,23,26). The molecule has 2 rings (SSSR count). The molecule has 134 valence electrons. The molecule has 0 aliphatic heterocycles. The first-order valence-corrected chi connectivity index (χ1v) is 8.14. The zero-order chi connectivity index (χ0) is 18.9. The van der Waals surface area contributed by atoms with Crippen LogP contribution >= 0.6 is 0 Å². The van der Waals surface area contributed by atoms with Crippen molar-refractivity contribution in [2.45, 2.75) is 13.5 Å². The van der Waals surface area contributed by atoms with E-state index in [1.165, 1.54) is 6.08 Å². The Labute approximate surface area is 152 Å². The highest BCUT2D eigenvalue weighted by Gasteiger charge is 2.17. The Hall–Kier alpha value is -3.41. The van der Waals surface area contributed by atoms with Gasteiger partial charge in [-0.05, 0) is 30.2 Å². The quantitative estimate of drug-likeness (QED) is 0.551. The van der Waals surface area contributed by atoms with Crippen LogP contribution in [0.3, 0.4) is 0 Å². The fourth-order valence-electron chi connectivity index (χ4n) is 2.29. The van der Waals surface area contributed by atoms with Gasteiger partial charge in [0.1, 0.15) is 0 Å². The minimum atomic E-state index is -0.842. The Morgan fingerprint density at radius 2 is 1.65 bits per heavy atom. The molecule has 0 heterocycles. The number of anilines is 1. The molecule has 0 aromatic heterocycles. The minimum Gasteiger partial charge on any atom is -0.348 e. The smallest absolute Gasteiger partial charge is 0.313 e. The van der Waals surface area contributed by atoms with E-state index in [2.05, 4.69) is 22.5 Å². The summed E-state index contributed by atoms with van der Waals surface area (Å²) < 4.78 is 0. The molecule has 0 unspecified atom stereocenters. The third-order valence-corrected chi connectivity index (χ3v) is 3.73. The molecule has 0 bridgehead atoms. The lowest BCUT2D eigenvalue weighted by Gasteiger charge is -2.12. The second-order valence-corrected chi connectivity index (χ2v) is 5.61. The number of carbonyl (C=O) groups excluding carboxylic acids is 3. The van der Waals surface area contributed by atoms with E-state index < -0.39 is 11.8 Å². The second kappa shape index (κ2) is 9.17. The number of aryl methyl sites for hydroxylation is 1. The first-order valence-electron chi connectivity index (χ1n) is 8.14. The molecule has 26 heavy (non-hydrogen) atoms. The molecule has 2 aromatic rings. The van der Waals surface area contributed by atoms with Crippen LogP contribution < -0.4 is 16.0 Å². The second-order valence-electron chi connectivity index (χ2n) is 5.61. The maximum absolute atomic E-state index is 12.5. The number of benzene rings is 2. The van der Waals surface area contributed by atoms with Gasteiger partial charge in [-0.1, -0.05) is 42.5 Å². The van der Waals surface area contributed by atoms with E-state index in [1.54, 1.807) is 24.3 Å². The number of hydrogen-bond donors (Lipinski definition) is 3. The van der Waals surface area contributed by atoms with Crippen LogP contribution in [0.25, 0.3) is 0 Å². The summed E-state index contributed by atoms with van der Waals surface area (Å²) in [5.74, 6) is -1.97. The van der Waals surface area contributed by atoms with E-state index in [-0.39, 0.29) is 23.7 Å². The van der Waals surface area contributed by atoms with Crippen molar-refractivity contribution >= 4 is 23.4 Å². The van der Waals surface area contributed by atoms with Gasteiger partial charge in [0.25, 0.3) is 5.91 Å². The van der Waals surface area contributed by atoms with Gasteiger partial charge < -0.3 is 16.0 Å². The van der Waals surface area contributed by atoms with Gasteiger partial charge in [0, 0.05) is 13.1 Å². The fourth-order valence-corrected chi connectivity index (χ4v) is 2.29.